The molecule has 1 fully saturated rings. The average Bonchev–Trinajstić information content (AvgIpc) is 3.36. The molecule has 2 amide bonds. The molecule has 1 aliphatic rings. The van der Waals surface area contributed by atoms with Crippen molar-refractivity contribution in [2.24, 2.45) is 0 Å². The third-order valence-electron chi connectivity index (χ3n) is 5.64. The first kappa shape index (κ1) is 22.5. The first-order valence-corrected chi connectivity index (χ1v) is 10.8. The fraction of sp³-hybridized carbons (Fsp3) is 0.217. The van der Waals surface area contributed by atoms with Crippen molar-refractivity contribution >= 4 is 34.8 Å². The highest BCUT2D eigenvalue weighted by Gasteiger charge is 2.36. The molecule has 0 bridgehead atoms. The number of rotatable bonds is 6. The van der Waals surface area contributed by atoms with Crippen LogP contribution < -0.4 is 10.2 Å². The lowest BCUT2D eigenvalue weighted by atomic mass is 10.0. The molecular formula is C23H22ClN4O5+. The van der Waals surface area contributed by atoms with E-state index in [1.807, 2.05) is 30.3 Å². The highest BCUT2D eigenvalue weighted by molar-refractivity contribution is 6.32. The first-order chi connectivity index (χ1) is 15.9. The van der Waals surface area contributed by atoms with Crippen LogP contribution in [0.1, 0.15) is 22.2 Å². The van der Waals surface area contributed by atoms with Crippen molar-refractivity contribution in [3.05, 3.63) is 93.4 Å². The lowest BCUT2D eigenvalue weighted by Gasteiger charge is -2.35. The van der Waals surface area contributed by atoms with Gasteiger partial charge in [-0.25, -0.2) is 0 Å². The monoisotopic (exact) mass is 469 g/mol. The van der Waals surface area contributed by atoms with Crippen LogP contribution in [0.3, 0.4) is 0 Å². The maximum Gasteiger partial charge on any atom is 0.289 e. The molecule has 1 atom stereocenters. The third-order valence-corrected chi connectivity index (χ3v) is 5.96. The van der Waals surface area contributed by atoms with Crippen LogP contribution in [0, 0.1) is 10.1 Å². The number of hydrogen-bond donors (Lipinski definition) is 2. The van der Waals surface area contributed by atoms with Crippen molar-refractivity contribution in [2.45, 2.75) is 6.04 Å². The smallest absolute Gasteiger partial charge is 0.289 e. The maximum absolute atomic E-state index is 13.4. The molecule has 0 aliphatic carbocycles. The van der Waals surface area contributed by atoms with Crippen LogP contribution in [-0.4, -0.2) is 47.8 Å². The van der Waals surface area contributed by atoms with Crippen molar-refractivity contribution in [1.82, 2.24) is 4.90 Å². The van der Waals surface area contributed by atoms with Gasteiger partial charge in [0, 0.05) is 17.3 Å². The van der Waals surface area contributed by atoms with E-state index < -0.39 is 11.0 Å². The Morgan fingerprint density at radius 1 is 1.09 bits per heavy atom. The molecule has 9 nitrogen and oxygen atoms in total. The van der Waals surface area contributed by atoms with Gasteiger partial charge >= 0.3 is 0 Å². The van der Waals surface area contributed by atoms with Crippen LogP contribution in [0.5, 0.6) is 0 Å². The largest absolute Gasteiger partial charge is 0.459 e. The fourth-order valence-corrected chi connectivity index (χ4v) is 4.19. The van der Waals surface area contributed by atoms with Crippen LogP contribution >= 0.6 is 11.6 Å². The van der Waals surface area contributed by atoms with Gasteiger partial charge in [-0.15, -0.1) is 0 Å². The van der Waals surface area contributed by atoms with Gasteiger partial charge in [-0.1, -0.05) is 41.9 Å². The number of nitro groups is 1. The van der Waals surface area contributed by atoms with Crippen LogP contribution in [-0.2, 0) is 4.79 Å². The van der Waals surface area contributed by atoms with Crippen molar-refractivity contribution in [3.8, 4) is 0 Å². The highest BCUT2D eigenvalue weighted by Crippen LogP contribution is 2.28. The Bertz CT molecular complexity index is 1140. The van der Waals surface area contributed by atoms with E-state index in [1.165, 1.54) is 24.5 Å². The Kier molecular flexibility index (Phi) is 6.71. The molecular weight excluding hydrogens is 448 g/mol. The lowest BCUT2D eigenvalue weighted by Crippen LogP contribution is -3.16. The second kappa shape index (κ2) is 9.85. The molecule has 33 heavy (non-hydrogen) atoms. The Morgan fingerprint density at radius 3 is 2.45 bits per heavy atom. The van der Waals surface area contributed by atoms with Gasteiger partial charge in [0.25, 0.3) is 17.5 Å². The molecule has 0 spiro atoms. The zero-order valence-electron chi connectivity index (χ0n) is 17.6. The topological polar surface area (TPSA) is 110 Å². The van der Waals surface area contributed by atoms with E-state index in [9.17, 15) is 19.7 Å². The number of furan rings is 1. The molecule has 1 aromatic heterocycles. The van der Waals surface area contributed by atoms with E-state index in [4.69, 9.17) is 16.0 Å². The number of nitrogens with one attached hydrogen (secondary N) is 2. The predicted molar refractivity (Wildman–Crippen MR) is 121 cm³/mol. The molecule has 2 aromatic carbocycles. The molecule has 0 unspecified atom stereocenters. The Hall–Kier alpha value is -3.69. The molecule has 0 radical (unpaired) electrons. The van der Waals surface area contributed by atoms with Gasteiger partial charge in [-0.2, -0.15) is 0 Å². The number of quaternary nitrogens is 1. The van der Waals surface area contributed by atoms with Gasteiger partial charge < -0.3 is 19.5 Å². The summed E-state index contributed by atoms with van der Waals surface area (Å²) in [6.07, 6.45) is 1.46. The molecule has 0 saturated carbocycles. The molecule has 4 rings (SSSR count). The summed E-state index contributed by atoms with van der Waals surface area (Å²) in [5.41, 5.74) is 0.838. The van der Waals surface area contributed by atoms with Crippen LogP contribution in [0.2, 0.25) is 5.02 Å². The van der Waals surface area contributed by atoms with Crippen molar-refractivity contribution in [2.75, 3.05) is 31.5 Å². The van der Waals surface area contributed by atoms with Gasteiger partial charge in [0.1, 0.15) is 5.02 Å². The molecule has 2 heterocycles. The minimum Gasteiger partial charge on any atom is -0.459 e. The van der Waals surface area contributed by atoms with Gasteiger partial charge in [-0.3, -0.25) is 19.7 Å². The summed E-state index contributed by atoms with van der Waals surface area (Å²) in [7, 11) is 0. The summed E-state index contributed by atoms with van der Waals surface area (Å²) < 4.78 is 5.21. The number of piperazine rings is 1. The van der Waals surface area contributed by atoms with Crippen molar-refractivity contribution in [3.63, 3.8) is 0 Å². The molecule has 2 N–H and O–H groups in total. The number of hydrogen-bond acceptors (Lipinski definition) is 5. The summed E-state index contributed by atoms with van der Waals surface area (Å²) in [6, 6.07) is 16.3. The van der Waals surface area contributed by atoms with Crippen LogP contribution in [0.4, 0.5) is 11.4 Å². The van der Waals surface area contributed by atoms with E-state index in [-0.39, 0.29) is 22.5 Å². The van der Waals surface area contributed by atoms with Gasteiger partial charge in [0.15, 0.2) is 11.8 Å². The van der Waals surface area contributed by atoms with Crippen LogP contribution in [0.25, 0.3) is 0 Å². The number of benzene rings is 2. The first-order valence-electron chi connectivity index (χ1n) is 10.4. The summed E-state index contributed by atoms with van der Waals surface area (Å²) >= 11 is 5.89. The number of anilines is 1. The molecule has 1 aliphatic heterocycles. The SMILES string of the molecule is O=C(Nc1ccc(Cl)c([N+](=O)[O-])c1)[C@@H](c1ccccc1)[NH+]1CCN(C(=O)c2ccco2)CC1. The molecule has 10 heteroatoms. The van der Waals surface area contributed by atoms with Gasteiger partial charge in [0.05, 0.1) is 37.4 Å². The number of amides is 2. The van der Waals surface area contributed by atoms with E-state index in [0.717, 1.165) is 10.5 Å². The standard InChI is InChI=1S/C23H21ClN4O5/c24-18-9-8-17(15-19(18)28(31)32)25-22(29)21(16-5-2-1-3-6-16)26-10-12-27(13-11-26)23(30)20-7-4-14-33-20/h1-9,14-15,21H,10-13H2,(H,25,29)/p+1/t21-/m1/s1. The second-order valence-electron chi connectivity index (χ2n) is 7.68. The summed E-state index contributed by atoms with van der Waals surface area (Å²) in [6.45, 7) is 2.05. The third kappa shape index (κ3) is 5.05. The number of nitro benzene ring substituents is 1. The van der Waals surface area contributed by atoms with Crippen LogP contribution in [0.15, 0.2) is 71.3 Å². The normalized spacial score (nSPS) is 15.1. The van der Waals surface area contributed by atoms with Gasteiger partial charge in [-0.05, 0) is 24.3 Å². The number of halogens is 1. The van der Waals surface area contributed by atoms with Crippen molar-refractivity contribution in [1.29, 1.82) is 0 Å². The van der Waals surface area contributed by atoms with Crippen molar-refractivity contribution < 1.29 is 23.8 Å². The summed E-state index contributed by atoms with van der Waals surface area (Å²) in [4.78, 5) is 39.2. The van der Waals surface area contributed by atoms with Gasteiger partial charge in [0.2, 0.25) is 0 Å². The number of nitrogens with zero attached hydrogens (tertiary/aromatic N) is 2. The average molecular weight is 470 g/mol. The Balaban J connectivity index is 1.52. The zero-order valence-corrected chi connectivity index (χ0v) is 18.3. The number of carbonyl (C=O) groups is 2. The van der Waals surface area contributed by atoms with E-state index in [2.05, 4.69) is 5.32 Å². The number of carbonyl (C=O) groups excluding carboxylic acids is 2. The minimum atomic E-state index is -0.590. The van der Waals surface area contributed by atoms with E-state index >= 15 is 0 Å². The summed E-state index contributed by atoms with van der Waals surface area (Å²) in [5, 5.41) is 14.0. The lowest BCUT2D eigenvalue weighted by molar-refractivity contribution is -0.925. The zero-order chi connectivity index (χ0) is 23.4. The quantitative estimate of drug-likeness (QED) is 0.426. The maximum atomic E-state index is 13.4. The summed E-state index contributed by atoms with van der Waals surface area (Å²) in [5.74, 6) is -0.174. The minimum absolute atomic E-state index is 0.000537. The predicted octanol–water partition coefficient (Wildman–Crippen LogP) is 2.56. The fourth-order valence-electron chi connectivity index (χ4n) is 4.00. The Labute approximate surface area is 194 Å². The van der Waals surface area contributed by atoms with E-state index in [1.54, 1.807) is 17.0 Å². The molecule has 170 valence electrons. The second-order valence-corrected chi connectivity index (χ2v) is 8.09. The molecule has 3 aromatic rings. The Morgan fingerprint density at radius 2 is 1.82 bits per heavy atom. The molecule has 1 saturated heterocycles. The highest BCUT2D eigenvalue weighted by atomic mass is 35.5. The van der Waals surface area contributed by atoms with E-state index in [0.29, 0.717) is 37.6 Å².